The Morgan fingerprint density at radius 2 is 1.38 bits per heavy atom. The van der Waals surface area contributed by atoms with E-state index in [0.717, 1.165) is 9.81 Å². The van der Waals surface area contributed by atoms with Gasteiger partial charge in [0.25, 0.3) is 0 Å². The van der Waals surface area contributed by atoms with Gasteiger partial charge in [0.05, 0.1) is 0 Å². The summed E-state index contributed by atoms with van der Waals surface area (Å²) in [7, 11) is 0. The van der Waals surface area contributed by atoms with Crippen LogP contribution in [0.3, 0.4) is 0 Å². The molecular formula is C11H18S2. The molecule has 0 fully saturated rings. The minimum absolute atomic E-state index is 1.04. The van der Waals surface area contributed by atoms with Crippen molar-refractivity contribution < 1.29 is 0 Å². The Hall–Kier alpha value is -0.0800. The number of rotatable bonds is 2. The molecule has 0 heterocycles. The second kappa shape index (κ2) is 5.61. The molecule has 74 valence electrons. The van der Waals surface area contributed by atoms with Gasteiger partial charge in [0.1, 0.15) is 0 Å². The molecule has 0 aromatic heterocycles. The van der Waals surface area contributed by atoms with Gasteiger partial charge in [0, 0.05) is 0 Å². The van der Waals surface area contributed by atoms with Gasteiger partial charge < -0.3 is 0 Å². The largest absolute Gasteiger partial charge is 0.148 e. The molecule has 0 aromatic rings. The fraction of sp³-hybridized carbons (Fsp3) is 0.455. The van der Waals surface area contributed by atoms with Crippen molar-refractivity contribution in [2.24, 2.45) is 0 Å². The van der Waals surface area contributed by atoms with Crippen LogP contribution in [0.5, 0.6) is 0 Å². The van der Waals surface area contributed by atoms with Crippen LogP contribution in [-0.4, -0.2) is 0 Å². The summed E-state index contributed by atoms with van der Waals surface area (Å²) < 4.78 is 0. The second-order valence-corrected chi connectivity index (χ2v) is 4.48. The van der Waals surface area contributed by atoms with E-state index in [1.54, 1.807) is 0 Å². The molecule has 0 bridgehead atoms. The summed E-state index contributed by atoms with van der Waals surface area (Å²) in [5.41, 5.74) is 3.66. The van der Waals surface area contributed by atoms with E-state index < -0.39 is 0 Å². The van der Waals surface area contributed by atoms with Gasteiger partial charge in [0.15, 0.2) is 0 Å². The van der Waals surface area contributed by atoms with Gasteiger partial charge in [-0.25, -0.2) is 0 Å². The molecule has 13 heavy (non-hydrogen) atoms. The first kappa shape index (κ1) is 12.9. The Labute approximate surface area is 92.6 Å². The van der Waals surface area contributed by atoms with Crippen molar-refractivity contribution >= 4 is 25.3 Å². The van der Waals surface area contributed by atoms with E-state index in [9.17, 15) is 0 Å². The zero-order valence-corrected chi connectivity index (χ0v) is 10.8. The Morgan fingerprint density at radius 3 is 1.62 bits per heavy atom. The van der Waals surface area contributed by atoms with Gasteiger partial charge in [-0.05, 0) is 61.1 Å². The third-order valence-electron chi connectivity index (χ3n) is 2.11. The summed E-state index contributed by atoms with van der Waals surface area (Å²) in [6.45, 7) is 10.2. The summed E-state index contributed by atoms with van der Waals surface area (Å²) in [6, 6.07) is 0. The topological polar surface area (TPSA) is 0 Å². The molecule has 0 rings (SSSR count). The van der Waals surface area contributed by atoms with Crippen molar-refractivity contribution in [2.75, 3.05) is 0 Å². The van der Waals surface area contributed by atoms with Gasteiger partial charge in [-0.2, -0.15) is 0 Å². The lowest BCUT2D eigenvalue weighted by molar-refractivity contribution is 1.26. The average Bonchev–Trinajstić information content (AvgIpc) is 2.03. The van der Waals surface area contributed by atoms with E-state index >= 15 is 0 Å². The normalized spacial score (nSPS) is 16.7. The molecule has 0 radical (unpaired) electrons. The Kier molecular flexibility index (Phi) is 5.57. The highest BCUT2D eigenvalue weighted by Gasteiger charge is 2.06. The molecule has 0 amide bonds. The third-order valence-corrected chi connectivity index (χ3v) is 2.67. The fourth-order valence-corrected chi connectivity index (χ4v) is 1.63. The molecule has 0 aliphatic heterocycles. The van der Waals surface area contributed by atoms with Crippen molar-refractivity contribution in [3.8, 4) is 0 Å². The number of allylic oxidation sites excluding steroid dienone is 6. The highest BCUT2D eigenvalue weighted by molar-refractivity contribution is 7.84. The molecule has 0 aromatic carbocycles. The maximum atomic E-state index is 4.39. The van der Waals surface area contributed by atoms with E-state index in [-0.39, 0.29) is 0 Å². The molecule has 0 nitrogen and oxygen atoms in total. The van der Waals surface area contributed by atoms with Crippen molar-refractivity contribution in [1.82, 2.24) is 0 Å². The van der Waals surface area contributed by atoms with Crippen LogP contribution < -0.4 is 0 Å². The van der Waals surface area contributed by atoms with Crippen LogP contribution in [0.1, 0.15) is 34.6 Å². The Morgan fingerprint density at radius 1 is 0.923 bits per heavy atom. The van der Waals surface area contributed by atoms with E-state index in [0.29, 0.717) is 0 Å². The molecule has 0 saturated carbocycles. The van der Waals surface area contributed by atoms with Crippen molar-refractivity contribution in [3.05, 3.63) is 32.6 Å². The van der Waals surface area contributed by atoms with Crippen molar-refractivity contribution in [1.29, 1.82) is 0 Å². The molecule has 0 aliphatic carbocycles. The van der Waals surface area contributed by atoms with Gasteiger partial charge in [0.2, 0.25) is 0 Å². The van der Waals surface area contributed by atoms with Gasteiger partial charge >= 0.3 is 0 Å². The maximum Gasteiger partial charge on any atom is -0.0104 e. The lowest BCUT2D eigenvalue weighted by Gasteiger charge is -2.12. The van der Waals surface area contributed by atoms with Crippen LogP contribution in [-0.2, 0) is 0 Å². The first-order chi connectivity index (χ1) is 5.91. The van der Waals surface area contributed by atoms with Crippen LogP contribution in [0.2, 0.25) is 0 Å². The summed E-state index contributed by atoms with van der Waals surface area (Å²) in [6.07, 6.45) is 2.09. The van der Waals surface area contributed by atoms with Crippen LogP contribution in [0.4, 0.5) is 0 Å². The van der Waals surface area contributed by atoms with E-state index in [2.05, 4.69) is 45.2 Å². The Balaban J connectivity index is 5.36. The number of hydrogen-bond acceptors (Lipinski definition) is 2. The summed E-state index contributed by atoms with van der Waals surface area (Å²) in [5.74, 6) is 0. The van der Waals surface area contributed by atoms with Crippen LogP contribution in [0, 0.1) is 0 Å². The molecule has 2 heteroatoms. The second-order valence-electron chi connectivity index (χ2n) is 3.14. The monoisotopic (exact) mass is 214 g/mol. The average molecular weight is 214 g/mol. The zero-order chi connectivity index (χ0) is 10.6. The molecule has 0 saturated heterocycles. The smallest absolute Gasteiger partial charge is 0.0104 e. The fourth-order valence-electron chi connectivity index (χ4n) is 1.18. The third kappa shape index (κ3) is 3.65. The Bertz CT molecular complexity index is 272. The lowest BCUT2D eigenvalue weighted by Crippen LogP contribution is -1.91. The van der Waals surface area contributed by atoms with Gasteiger partial charge in [-0.1, -0.05) is 6.08 Å². The van der Waals surface area contributed by atoms with Crippen LogP contribution in [0.15, 0.2) is 32.6 Å². The zero-order valence-electron chi connectivity index (χ0n) is 8.97. The molecule has 0 unspecified atom stereocenters. The van der Waals surface area contributed by atoms with Crippen molar-refractivity contribution in [2.45, 2.75) is 34.6 Å². The first-order valence-electron chi connectivity index (χ1n) is 4.31. The van der Waals surface area contributed by atoms with Gasteiger partial charge in [-0.3, -0.25) is 0 Å². The van der Waals surface area contributed by atoms with E-state index in [4.69, 9.17) is 0 Å². The summed E-state index contributed by atoms with van der Waals surface area (Å²) in [5, 5.41) is 0. The first-order valence-corrected chi connectivity index (χ1v) is 5.21. The van der Waals surface area contributed by atoms with Gasteiger partial charge in [-0.15, -0.1) is 25.3 Å². The molecule has 0 N–H and O–H groups in total. The molecule has 0 atom stereocenters. The minimum Gasteiger partial charge on any atom is -0.148 e. The number of thiol groups is 2. The summed E-state index contributed by atoms with van der Waals surface area (Å²) in [4.78, 5) is 2.09. The molecule has 0 aliphatic rings. The predicted octanol–water partition coefficient (Wildman–Crippen LogP) is 4.38. The molecule has 0 spiro atoms. The lowest BCUT2D eigenvalue weighted by atomic mass is 9.99. The SMILES string of the molecule is C\C=C(C)/C(C(/C)=C(/C)S)=C(/C)S. The highest BCUT2D eigenvalue weighted by Crippen LogP contribution is 2.27. The minimum atomic E-state index is 1.04. The van der Waals surface area contributed by atoms with Crippen LogP contribution in [0.25, 0.3) is 0 Å². The van der Waals surface area contributed by atoms with E-state index in [1.165, 1.54) is 16.7 Å². The molecular weight excluding hydrogens is 196 g/mol. The predicted molar refractivity (Wildman–Crippen MR) is 68.5 cm³/mol. The van der Waals surface area contributed by atoms with Crippen LogP contribution >= 0.6 is 25.3 Å². The van der Waals surface area contributed by atoms with E-state index in [1.807, 2.05) is 20.8 Å². The van der Waals surface area contributed by atoms with Crippen molar-refractivity contribution in [3.63, 3.8) is 0 Å². The summed E-state index contributed by atoms with van der Waals surface area (Å²) >= 11 is 8.74. The standard InChI is InChI=1S/C11H18S2/c1-6-7(2)11(10(5)13)8(3)9(4)12/h6,12-13H,1-5H3/b7-6-,9-8-,11-10+. The maximum absolute atomic E-state index is 4.39. The quantitative estimate of drug-likeness (QED) is 0.494. The number of hydrogen-bond donors (Lipinski definition) is 2. The highest BCUT2D eigenvalue weighted by atomic mass is 32.1.